The number of rotatable bonds is 8. The molecule has 0 radical (unpaired) electrons. The number of aromatic nitrogens is 1. The van der Waals surface area contributed by atoms with Gasteiger partial charge in [-0.15, -0.1) is 0 Å². The van der Waals surface area contributed by atoms with Crippen LogP contribution >= 0.6 is 0 Å². The van der Waals surface area contributed by atoms with E-state index in [0.717, 1.165) is 5.75 Å². The molecule has 3 aromatic rings. The number of anilines is 2. The highest BCUT2D eigenvalue weighted by atomic mass is 16.5. The molecule has 8 nitrogen and oxygen atoms in total. The number of nitrogens with zero attached hydrogens (tertiary/aromatic N) is 1. The van der Waals surface area contributed by atoms with Crippen LogP contribution in [-0.4, -0.2) is 31.3 Å². The number of carbonyl (C=O) groups excluding carboxylic acids is 1. The van der Waals surface area contributed by atoms with E-state index in [9.17, 15) is 4.79 Å². The van der Waals surface area contributed by atoms with Crippen LogP contribution in [-0.2, 0) is 4.79 Å². The maximum atomic E-state index is 12.4. The second kappa shape index (κ2) is 9.01. The summed E-state index contributed by atoms with van der Waals surface area (Å²) in [6.07, 6.45) is 0. The summed E-state index contributed by atoms with van der Waals surface area (Å²) in [5.74, 6) is 3.21. The van der Waals surface area contributed by atoms with Gasteiger partial charge in [0.1, 0.15) is 23.3 Å². The minimum atomic E-state index is -0.519. The van der Waals surface area contributed by atoms with E-state index in [1.165, 1.54) is 0 Å². The lowest BCUT2D eigenvalue weighted by Gasteiger charge is -2.17. The zero-order chi connectivity index (χ0) is 20.8. The molecule has 0 bridgehead atoms. The molecule has 0 saturated carbocycles. The Morgan fingerprint density at radius 2 is 1.72 bits per heavy atom. The van der Waals surface area contributed by atoms with E-state index in [1.54, 1.807) is 58.4 Å². The van der Waals surface area contributed by atoms with Crippen LogP contribution in [0.25, 0.3) is 0 Å². The molecule has 1 aromatic heterocycles. The summed E-state index contributed by atoms with van der Waals surface area (Å²) >= 11 is 0. The largest absolute Gasteiger partial charge is 0.497 e. The van der Waals surface area contributed by atoms with Crippen molar-refractivity contribution < 1.29 is 23.5 Å². The summed E-state index contributed by atoms with van der Waals surface area (Å²) in [7, 11) is 3.18. The molecular formula is C21H23N3O5. The maximum Gasteiger partial charge on any atom is 0.247 e. The Hall–Kier alpha value is -3.68. The van der Waals surface area contributed by atoms with Gasteiger partial charge in [0.25, 0.3) is 0 Å². The van der Waals surface area contributed by atoms with E-state index in [4.69, 9.17) is 18.7 Å². The molecule has 1 heterocycles. The van der Waals surface area contributed by atoms with Crippen LogP contribution in [0.2, 0.25) is 0 Å². The lowest BCUT2D eigenvalue weighted by molar-refractivity contribution is -0.116. The first-order chi connectivity index (χ1) is 14.0. The van der Waals surface area contributed by atoms with E-state index >= 15 is 0 Å². The molecule has 0 aliphatic heterocycles. The minimum Gasteiger partial charge on any atom is -0.497 e. The highest BCUT2D eigenvalue weighted by Crippen LogP contribution is 2.34. The molecule has 2 aromatic carbocycles. The third kappa shape index (κ3) is 5.19. The Morgan fingerprint density at radius 3 is 2.34 bits per heavy atom. The number of nitrogens with one attached hydrogen (secondary N) is 2. The predicted molar refractivity (Wildman–Crippen MR) is 109 cm³/mol. The SMILES string of the molecule is COc1ccc(Oc2cc(N[C@H](C)C(=O)Nc3cc(C)on3)ccc2OC)cc1. The molecule has 1 atom stereocenters. The number of aryl methyl sites for hydroxylation is 1. The number of hydrogen-bond acceptors (Lipinski definition) is 7. The molecule has 3 rings (SSSR count). The number of hydrogen-bond donors (Lipinski definition) is 2. The summed E-state index contributed by atoms with van der Waals surface area (Å²) in [5.41, 5.74) is 0.702. The van der Waals surface area contributed by atoms with Gasteiger partial charge in [-0.05, 0) is 50.2 Å². The molecule has 29 heavy (non-hydrogen) atoms. The molecule has 152 valence electrons. The van der Waals surface area contributed by atoms with Gasteiger partial charge in [0, 0.05) is 17.8 Å². The number of ether oxygens (including phenoxy) is 3. The monoisotopic (exact) mass is 397 g/mol. The van der Waals surface area contributed by atoms with Crippen LogP contribution in [0.15, 0.2) is 53.1 Å². The topological polar surface area (TPSA) is 94.9 Å². The Bertz CT molecular complexity index is 969. The minimum absolute atomic E-state index is 0.244. The zero-order valence-electron chi connectivity index (χ0n) is 16.7. The molecule has 8 heteroatoms. The average molecular weight is 397 g/mol. The molecule has 0 saturated heterocycles. The Kier molecular flexibility index (Phi) is 6.23. The summed E-state index contributed by atoms with van der Waals surface area (Å²) < 4.78 is 21.4. The first-order valence-electron chi connectivity index (χ1n) is 8.99. The number of carbonyl (C=O) groups is 1. The molecular weight excluding hydrogens is 374 g/mol. The van der Waals surface area contributed by atoms with Crippen LogP contribution in [0.1, 0.15) is 12.7 Å². The van der Waals surface area contributed by atoms with Gasteiger partial charge in [0.05, 0.1) is 14.2 Å². The molecule has 0 fully saturated rings. The molecule has 0 spiro atoms. The quantitative estimate of drug-likeness (QED) is 0.587. The Morgan fingerprint density at radius 1 is 1.00 bits per heavy atom. The third-order valence-corrected chi connectivity index (χ3v) is 4.11. The van der Waals surface area contributed by atoms with Crippen LogP contribution < -0.4 is 24.8 Å². The first kappa shape index (κ1) is 20.1. The third-order valence-electron chi connectivity index (χ3n) is 4.11. The van der Waals surface area contributed by atoms with Crippen molar-refractivity contribution in [3.05, 3.63) is 54.3 Å². The fourth-order valence-corrected chi connectivity index (χ4v) is 2.59. The van der Waals surface area contributed by atoms with E-state index < -0.39 is 6.04 Å². The second-order valence-electron chi connectivity index (χ2n) is 6.32. The van der Waals surface area contributed by atoms with E-state index in [-0.39, 0.29) is 5.91 Å². The molecule has 0 aliphatic rings. The molecule has 2 N–H and O–H groups in total. The second-order valence-corrected chi connectivity index (χ2v) is 6.32. The van der Waals surface area contributed by atoms with Crippen LogP contribution in [0.3, 0.4) is 0 Å². The summed E-state index contributed by atoms with van der Waals surface area (Å²) in [5, 5.41) is 9.60. The standard InChI is InChI=1S/C21H23N3O5/c1-13-11-20(24-29-13)23-21(25)14(2)22-15-5-10-18(27-4)19(12-15)28-17-8-6-16(26-3)7-9-17/h5-12,14,22H,1-4H3,(H,23,24,25)/t14-/m1/s1. The zero-order valence-corrected chi connectivity index (χ0v) is 16.7. The highest BCUT2D eigenvalue weighted by molar-refractivity contribution is 5.95. The van der Waals surface area contributed by atoms with Gasteiger partial charge < -0.3 is 29.4 Å². The predicted octanol–water partition coefficient (Wildman–Crippen LogP) is 4.23. The van der Waals surface area contributed by atoms with Crippen molar-refractivity contribution in [3.63, 3.8) is 0 Å². The lowest BCUT2D eigenvalue weighted by Crippen LogP contribution is -2.31. The van der Waals surface area contributed by atoms with Crippen molar-refractivity contribution in [2.45, 2.75) is 19.9 Å². The van der Waals surface area contributed by atoms with Gasteiger partial charge in [-0.3, -0.25) is 4.79 Å². The maximum absolute atomic E-state index is 12.4. The van der Waals surface area contributed by atoms with Crippen LogP contribution in [0.4, 0.5) is 11.5 Å². The van der Waals surface area contributed by atoms with Crippen molar-refractivity contribution in [1.82, 2.24) is 5.16 Å². The smallest absolute Gasteiger partial charge is 0.247 e. The van der Waals surface area contributed by atoms with Crippen molar-refractivity contribution in [3.8, 4) is 23.0 Å². The van der Waals surface area contributed by atoms with Crippen molar-refractivity contribution in [1.29, 1.82) is 0 Å². The van der Waals surface area contributed by atoms with Crippen molar-refractivity contribution in [2.24, 2.45) is 0 Å². The first-order valence-corrected chi connectivity index (χ1v) is 8.99. The van der Waals surface area contributed by atoms with Gasteiger partial charge in [0.15, 0.2) is 17.3 Å². The number of amides is 1. The Labute approximate surface area is 168 Å². The van der Waals surface area contributed by atoms with Crippen LogP contribution in [0.5, 0.6) is 23.0 Å². The van der Waals surface area contributed by atoms with Crippen molar-refractivity contribution in [2.75, 3.05) is 24.9 Å². The summed E-state index contributed by atoms with van der Waals surface area (Å²) in [6.45, 7) is 3.50. The summed E-state index contributed by atoms with van der Waals surface area (Å²) in [4.78, 5) is 12.4. The van der Waals surface area contributed by atoms with Gasteiger partial charge >= 0.3 is 0 Å². The number of methoxy groups -OCH3 is 2. The van der Waals surface area contributed by atoms with Gasteiger partial charge in [-0.2, -0.15) is 0 Å². The van der Waals surface area contributed by atoms with E-state index in [2.05, 4.69) is 15.8 Å². The molecule has 0 aliphatic carbocycles. The van der Waals surface area contributed by atoms with Crippen molar-refractivity contribution >= 4 is 17.4 Å². The van der Waals surface area contributed by atoms with E-state index in [1.807, 2.05) is 18.2 Å². The molecule has 0 unspecified atom stereocenters. The summed E-state index contributed by atoms with van der Waals surface area (Å²) in [6, 6.07) is 13.7. The normalized spacial score (nSPS) is 11.4. The van der Waals surface area contributed by atoms with Gasteiger partial charge in [0.2, 0.25) is 5.91 Å². The Balaban J connectivity index is 1.70. The molecule has 1 amide bonds. The van der Waals surface area contributed by atoms with Gasteiger partial charge in [-0.25, -0.2) is 0 Å². The fraction of sp³-hybridized carbons (Fsp3) is 0.238. The number of benzene rings is 2. The highest BCUT2D eigenvalue weighted by Gasteiger charge is 2.16. The van der Waals surface area contributed by atoms with Gasteiger partial charge in [-0.1, -0.05) is 5.16 Å². The van der Waals surface area contributed by atoms with E-state index in [0.29, 0.717) is 34.5 Å². The fourth-order valence-electron chi connectivity index (χ4n) is 2.59. The average Bonchev–Trinajstić information content (AvgIpc) is 3.13. The lowest BCUT2D eigenvalue weighted by atomic mass is 10.2. The van der Waals surface area contributed by atoms with Crippen LogP contribution in [0, 0.1) is 6.92 Å².